The average molecular weight is 896 g/mol. The van der Waals surface area contributed by atoms with Gasteiger partial charge < -0.3 is 25.2 Å². The third-order valence-corrected chi connectivity index (χ3v) is 11.5. The molecule has 0 bridgehead atoms. The van der Waals surface area contributed by atoms with Gasteiger partial charge in [0.15, 0.2) is 6.10 Å². The van der Waals surface area contributed by atoms with Crippen LogP contribution in [0.25, 0.3) is 0 Å². The first-order chi connectivity index (χ1) is 30.1. The van der Waals surface area contributed by atoms with Crippen LogP contribution in [0.1, 0.15) is 219 Å². The number of carboxylic acids is 1. The Hall–Kier alpha value is -2.56. The molecule has 0 heterocycles. The lowest BCUT2D eigenvalue weighted by Crippen LogP contribution is -2.34. The molecule has 4 N–H and O–H groups in total. The molecule has 0 fully saturated rings. The highest BCUT2D eigenvalue weighted by Crippen LogP contribution is 2.43. The molecular formula is C50H90NO10P. The largest absolute Gasteiger partial charge is 0.480 e. The molecular weight excluding hydrogens is 806 g/mol. The quantitative estimate of drug-likeness (QED) is 0.0230. The third-order valence-electron chi connectivity index (χ3n) is 10.6. The number of ether oxygens (including phenoxy) is 2. The Morgan fingerprint density at radius 1 is 0.516 bits per heavy atom. The van der Waals surface area contributed by atoms with Crippen LogP contribution in [-0.2, 0) is 37.5 Å². The molecule has 0 amide bonds. The Bertz CT molecular complexity index is 1240. The number of carbonyl (C=O) groups is 3. The minimum Gasteiger partial charge on any atom is -0.480 e. The number of carboxylic acid groups (broad SMARTS) is 1. The first-order valence-corrected chi connectivity index (χ1v) is 26.2. The summed E-state index contributed by atoms with van der Waals surface area (Å²) >= 11 is 0. The third kappa shape index (κ3) is 44.1. The predicted molar refractivity (Wildman–Crippen MR) is 254 cm³/mol. The first kappa shape index (κ1) is 59.4. The second kappa shape index (κ2) is 45.0. The van der Waals surface area contributed by atoms with E-state index in [1.807, 2.05) is 0 Å². The summed E-state index contributed by atoms with van der Waals surface area (Å²) in [5.74, 6) is -2.40. The lowest BCUT2D eigenvalue weighted by Gasteiger charge is -2.20. The summed E-state index contributed by atoms with van der Waals surface area (Å²) in [6.07, 6.45) is 51.8. The van der Waals surface area contributed by atoms with Gasteiger partial charge in [-0.3, -0.25) is 23.4 Å². The molecule has 0 saturated heterocycles. The maximum atomic E-state index is 12.7. The molecule has 0 aromatic rings. The van der Waals surface area contributed by atoms with E-state index in [1.165, 1.54) is 109 Å². The predicted octanol–water partition coefficient (Wildman–Crippen LogP) is 13.7. The zero-order valence-corrected chi connectivity index (χ0v) is 40.1. The Balaban J connectivity index is 4.27. The summed E-state index contributed by atoms with van der Waals surface area (Å²) in [5.41, 5.74) is 5.34. The van der Waals surface area contributed by atoms with Crippen LogP contribution in [0.2, 0.25) is 0 Å². The van der Waals surface area contributed by atoms with Crippen molar-refractivity contribution in [2.75, 3.05) is 19.8 Å². The van der Waals surface area contributed by atoms with Crippen molar-refractivity contribution in [3.8, 4) is 0 Å². The number of nitrogens with two attached hydrogens (primary N) is 1. The number of hydrogen-bond acceptors (Lipinski definition) is 9. The van der Waals surface area contributed by atoms with Crippen molar-refractivity contribution in [3.05, 3.63) is 48.6 Å². The fourth-order valence-electron chi connectivity index (χ4n) is 6.76. The van der Waals surface area contributed by atoms with Crippen molar-refractivity contribution in [3.63, 3.8) is 0 Å². The first-order valence-electron chi connectivity index (χ1n) is 24.7. The molecule has 62 heavy (non-hydrogen) atoms. The van der Waals surface area contributed by atoms with Crippen molar-refractivity contribution >= 4 is 25.7 Å². The van der Waals surface area contributed by atoms with Crippen molar-refractivity contribution in [2.24, 2.45) is 5.73 Å². The maximum absolute atomic E-state index is 12.7. The molecule has 0 aromatic carbocycles. The van der Waals surface area contributed by atoms with Crippen LogP contribution in [0.15, 0.2) is 48.6 Å². The van der Waals surface area contributed by atoms with Gasteiger partial charge in [-0.1, -0.05) is 204 Å². The van der Waals surface area contributed by atoms with Gasteiger partial charge in [-0.05, 0) is 51.4 Å². The molecule has 0 aromatic heterocycles. The van der Waals surface area contributed by atoms with Gasteiger partial charge in [-0.25, -0.2) is 4.57 Å². The monoisotopic (exact) mass is 896 g/mol. The second-order valence-electron chi connectivity index (χ2n) is 16.6. The van der Waals surface area contributed by atoms with Crippen molar-refractivity contribution < 1.29 is 47.5 Å². The van der Waals surface area contributed by atoms with Crippen LogP contribution in [0.4, 0.5) is 0 Å². The zero-order chi connectivity index (χ0) is 45.6. The van der Waals surface area contributed by atoms with Crippen LogP contribution in [0.5, 0.6) is 0 Å². The highest BCUT2D eigenvalue weighted by atomic mass is 31.2. The molecule has 12 heteroatoms. The highest BCUT2D eigenvalue weighted by molar-refractivity contribution is 7.47. The van der Waals surface area contributed by atoms with Gasteiger partial charge in [-0.2, -0.15) is 0 Å². The van der Waals surface area contributed by atoms with Crippen LogP contribution < -0.4 is 5.73 Å². The van der Waals surface area contributed by atoms with E-state index in [2.05, 4.69) is 67.0 Å². The second-order valence-corrected chi connectivity index (χ2v) is 18.0. The molecule has 0 aliphatic heterocycles. The highest BCUT2D eigenvalue weighted by Gasteiger charge is 2.28. The number of aliphatic carboxylic acids is 1. The van der Waals surface area contributed by atoms with E-state index in [4.69, 9.17) is 24.8 Å². The summed E-state index contributed by atoms with van der Waals surface area (Å²) in [6.45, 7) is 2.69. The van der Waals surface area contributed by atoms with E-state index >= 15 is 0 Å². The van der Waals surface area contributed by atoms with E-state index in [0.29, 0.717) is 12.8 Å². The summed E-state index contributed by atoms with van der Waals surface area (Å²) in [6, 6.07) is -1.53. The Morgan fingerprint density at radius 3 is 1.35 bits per heavy atom. The Morgan fingerprint density at radius 2 is 0.903 bits per heavy atom. The number of rotatable bonds is 46. The average Bonchev–Trinajstić information content (AvgIpc) is 3.25. The molecule has 0 aliphatic rings. The number of allylic oxidation sites excluding steroid dienone is 8. The summed E-state index contributed by atoms with van der Waals surface area (Å²) < 4.78 is 32.8. The Labute approximate surface area is 377 Å². The van der Waals surface area contributed by atoms with Crippen LogP contribution in [-0.4, -0.2) is 59.9 Å². The van der Waals surface area contributed by atoms with E-state index in [0.717, 1.165) is 70.6 Å². The van der Waals surface area contributed by atoms with Gasteiger partial charge >= 0.3 is 25.7 Å². The molecule has 11 nitrogen and oxygen atoms in total. The standard InChI is InChI=1S/C50H90NO10P/c1-3-5-7-9-11-13-15-17-19-21-22-23-24-26-27-29-31-33-35-37-39-41-48(52)58-43-46(44-59-62(56,57)60-45-47(51)50(54)55)61-49(53)42-40-38-36-34-32-30-28-25-20-18-16-14-12-10-8-6-4-2/h6,8,12,14,18,20,28,30,46-47H,3-5,7,9-11,13,15-17,19,21-27,29,31-45,51H2,1-2H3,(H,54,55)(H,56,57)/b8-6-,14-12-,20-18-,30-28-. The SMILES string of the molecule is CC/C=C\C/C=C\C/C=C\C/C=C\CCCCCCC(=O)OC(COC(=O)CCCCCCCCCCCCCCCCCCCCCCC)COP(=O)(O)OCC(N)C(=O)O. The van der Waals surface area contributed by atoms with E-state index in [-0.39, 0.29) is 19.4 Å². The van der Waals surface area contributed by atoms with Gasteiger partial charge in [0.1, 0.15) is 12.6 Å². The topological polar surface area (TPSA) is 172 Å². The van der Waals surface area contributed by atoms with Gasteiger partial charge in [0.05, 0.1) is 13.2 Å². The number of hydrogen-bond donors (Lipinski definition) is 3. The van der Waals surface area contributed by atoms with Crippen molar-refractivity contribution in [2.45, 2.75) is 231 Å². The molecule has 0 spiro atoms. The number of carbonyl (C=O) groups excluding carboxylic acids is 2. The minimum atomic E-state index is -4.73. The number of phosphoric ester groups is 1. The summed E-state index contributed by atoms with van der Waals surface area (Å²) in [4.78, 5) is 46.1. The van der Waals surface area contributed by atoms with Crippen molar-refractivity contribution in [1.29, 1.82) is 0 Å². The maximum Gasteiger partial charge on any atom is 0.472 e. The fraction of sp³-hybridized carbons (Fsp3) is 0.780. The molecule has 3 atom stereocenters. The van der Waals surface area contributed by atoms with Crippen molar-refractivity contribution in [1.82, 2.24) is 0 Å². The lowest BCUT2D eigenvalue weighted by molar-refractivity contribution is -0.161. The number of phosphoric acid groups is 1. The van der Waals surface area contributed by atoms with Gasteiger partial charge in [0.25, 0.3) is 0 Å². The van der Waals surface area contributed by atoms with Gasteiger partial charge in [0, 0.05) is 12.8 Å². The number of unbranched alkanes of at least 4 members (excludes halogenated alkanes) is 24. The number of esters is 2. The van der Waals surface area contributed by atoms with E-state index in [9.17, 15) is 23.8 Å². The molecule has 0 aliphatic carbocycles. The van der Waals surface area contributed by atoms with Crippen LogP contribution in [0.3, 0.4) is 0 Å². The fourth-order valence-corrected chi connectivity index (χ4v) is 7.54. The molecule has 360 valence electrons. The van der Waals surface area contributed by atoms with E-state index < -0.39 is 51.1 Å². The normalized spacial score (nSPS) is 14.0. The van der Waals surface area contributed by atoms with Crippen LogP contribution >= 0.6 is 7.82 Å². The van der Waals surface area contributed by atoms with E-state index in [1.54, 1.807) is 0 Å². The molecule has 3 unspecified atom stereocenters. The molecule has 0 saturated carbocycles. The Kier molecular flexibility index (Phi) is 43.2. The molecule has 0 rings (SSSR count). The summed E-state index contributed by atoms with van der Waals surface area (Å²) in [7, 11) is -4.73. The smallest absolute Gasteiger partial charge is 0.472 e. The molecule has 0 radical (unpaired) electrons. The lowest BCUT2D eigenvalue weighted by atomic mass is 10.0. The van der Waals surface area contributed by atoms with Gasteiger partial charge in [0.2, 0.25) is 0 Å². The summed E-state index contributed by atoms with van der Waals surface area (Å²) in [5, 5.41) is 8.91. The zero-order valence-electron chi connectivity index (χ0n) is 39.2. The van der Waals surface area contributed by atoms with Crippen LogP contribution in [0, 0.1) is 0 Å². The van der Waals surface area contributed by atoms with Gasteiger partial charge in [-0.15, -0.1) is 0 Å². The minimum absolute atomic E-state index is 0.134.